The van der Waals surface area contributed by atoms with Crippen LogP contribution in [0.25, 0.3) is 11.0 Å². The zero-order chi connectivity index (χ0) is 18.1. The van der Waals surface area contributed by atoms with Crippen LogP contribution in [0.2, 0.25) is 5.02 Å². The Morgan fingerprint density at radius 1 is 1.24 bits per heavy atom. The molecule has 0 spiro atoms. The minimum atomic E-state index is -2.85. The fourth-order valence-corrected chi connectivity index (χ4v) is 2.73. The molecular weight excluding hydrogens is 357 g/mol. The second-order valence-corrected chi connectivity index (χ2v) is 5.69. The molecule has 1 atom stereocenters. The zero-order valence-corrected chi connectivity index (χ0v) is 13.7. The monoisotopic (exact) mass is 368 g/mol. The quantitative estimate of drug-likeness (QED) is 0.599. The van der Waals surface area contributed by atoms with Crippen LogP contribution in [0.1, 0.15) is 35.8 Å². The molecule has 0 bridgehead atoms. The lowest BCUT2D eigenvalue weighted by molar-refractivity contribution is 0.0233. The van der Waals surface area contributed by atoms with E-state index in [4.69, 9.17) is 16.3 Å². The molecule has 0 saturated carbocycles. The Labute approximate surface area is 145 Å². The van der Waals surface area contributed by atoms with Crippen LogP contribution in [-0.4, -0.2) is 15.5 Å². The van der Waals surface area contributed by atoms with E-state index in [-0.39, 0.29) is 21.9 Å². The van der Waals surface area contributed by atoms with Crippen molar-refractivity contribution in [2.75, 3.05) is 0 Å². The van der Waals surface area contributed by atoms with Crippen molar-refractivity contribution in [1.82, 2.24) is 9.55 Å². The second kappa shape index (κ2) is 6.76. The predicted octanol–water partition coefficient (Wildman–Crippen LogP) is 5.14. The average Bonchev–Trinajstić information content (AvgIpc) is 2.94. The third-order valence-electron chi connectivity index (χ3n) is 3.62. The predicted molar refractivity (Wildman–Crippen MR) is 86.2 cm³/mol. The minimum absolute atomic E-state index is 0.0605. The summed E-state index contributed by atoms with van der Waals surface area (Å²) in [6.45, 7) is -1.42. The summed E-state index contributed by atoms with van der Waals surface area (Å²) in [5.41, 5.74) is 0.533. The Morgan fingerprint density at radius 3 is 2.64 bits per heavy atom. The smallest absolute Gasteiger partial charge is 0.340 e. The van der Waals surface area contributed by atoms with Crippen molar-refractivity contribution in [3.8, 4) is 0 Å². The van der Waals surface area contributed by atoms with Crippen molar-refractivity contribution < 1.29 is 22.7 Å². The third-order valence-corrected chi connectivity index (χ3v) is 3.93. The number of fused-ring (bicyclic) bond motifs is 1. The number of alkyl halides is 2. The molecule has 0 aliphatic heterocycles. The molecule has 0 saturated heterocycles. The van der Waals surface area contributed by atoms with Gasteiger partial charge in [-0.05, 0) is 37.3 Å². The van der Waals surface area contributed by atoms with Crippen LogP contribution in [0.5, 0.6) is 0 Å². The Morgan fingerprint density at radius 2 is 1.96 bits per heavy atom. The number of carbonyl (C=O) groups excluding carboxylic acids is 1. The summed E-state index contributed by atoms with van der Waals surface area (Å²) in [6, 6.07) is 9.57. The summed E-state index contributed by atoms with van der Waals surface area (Å²) in [5.74, 6) is -1.55. The average molecular weight is 369 g/mol. The number of esters is 1. The first-order chi connectivity index (χ1) is 11.9. The molecule has 3 aromatic rings. The van der Waals surface area contributed by atoms with Crippen LogP contribution in [0.15, 0.2) is 42.5 Å². The molecule has 130 valence electrons. The van der Waals surface area contributed by atoms with Gasteiger partial charge in [0.2, 0.25) is 0 Å². The number of para-hydroxylation sites is 2. The summed E-state index contributed by atoms with van der Waals surface area (Å²) in [5, 5.41) is -0.125. The molecule has 1 aromatic heterocycles. The maximum absolute atomic E-state index is 13.4. The topological polar surface area (TPSA) is 44.1 Å². The van der Waals surface area contributed by atoms with E-state index in [0.717, 1.165) is 12.1 Å². The van der Waals surface area contributed by atoms with Crippen LogP contribution < -0.4 is 0 Å². The molecule has 1 unspecified atom stereocenters. The molecule has 8 heteroatoms. The number of rotatable bonds is 4. The number of carbonyl (C=O) groups is 1. The van der Waals surface area contributed by atoms with Crippen molar-refractivity contribution in [2.24, 2.45) is 0 Å². The van der Waals surface area contributed by atoms with Crippen LogP contribution >= 0.6 is 11.6 Å². The normalized spacial score (nSPS) is 12.6. The third kappa shape index (κ3) is 3.32. The molecule has 4 nitrogen and oxygen atoms in total. The van der Waals surface area contributed by atoms with E-state index in [1.807, 2.05) is 0 Å². The summed E-state index contributed by atoms with van der Waals surface area (Å²) in [4.78, 5) is 16.3. The second-order valence-electron chi connectivity index (χ2n) is 5.28. The summed E-state index contributed by atoms with van der Waals surface area (Å²) in [7, 11) is 0. The van der Waals surface area contributed by atoms with E-state index in [2.05, 4.69) is 4.98 Å². The van der Waals surface area contributed by atoms with Crippen molar-refractivity contribution in [3.63, 3.8) is 0 Å². The first kappa shape index (κ1) is 17.3. The van der Waals surface area contributed by atoms with E-state index >= 15 is 0 Å². The maximum Gasteiger partial charge on any atom is 0.340 e. The zero-order valence-electron chi connectivity index (χ0n) is 12.9. The first-order valence-corrected chi connectivity index (χ1v) is 7.67. The Bertz CT molecular complexity index is 943. The summed E-state index contributed by atoms with van der Waals surface area (Å²) in [6.07, 6.45) is -1.06. The Balaban J connectivity index is 1.93. The molecule has 0 fully saturated rings. The van der Waals surface area contributed by atoms with Crippen molar-refractivity contribution >= 4 is 28.6 Å². The van der Waals surface area contributed by atoms with E-state index in [0.29, 0.717) is 10.1 Å². The fourth-order valence-electron chi connectivity index (χ4n) is 2.49. The van der Waals surface area contributed by atoms with E-state index in [9.17, 15) is 18.0 Å². The maximum atomic E-state index is 13.4. The van der Waals surface area contributed by atoms with Gasteiger partial charge in [-0.3, -0.25) is 4.57 Å². The number of hydrogen-bond donors (Lipinski definition) is 0. The molecular formula is C17H12ClF3N2O2. The van der Waals surface area contributed by atoms with Gasteiger partial charge >= 0.3 is 12.5 Å². The number of nitrogens with zero attached hydrogens (tertiary/aromatic N) is 2. The van der Waals surface area contributed by atoms with Crippen LogP contribution in [0.3, 0.4) is 0 Å². The van der Waals surface area contributed by atoms with Gasteiger partial charge in [0.05, 0.1) is 21.6 Å². The molecule has 2 aromatic carbocycles. The number of halogens is 4. The Kier molecular flexibility index (Phi) is 4.67. The molecule has 3 rings (SSSR count). The van der Waals surface area contributed by atoms with Gasteiger partial charge in [0.1, 0.15) is 5.82 Å². The van der Waals surface area contributed by atoms with Gasteiger partial charge in [0.25, 0.3) is 0 Å². The molecule has 1 heterocycles. The largest absolute Gasteiger partial charge is 0.451 e. The molecule has 0 aliphatic rings. The number of ether oxygens (including phenoxy) is 1. The van der Waals surface area contributed by atoms with Gasteiger partial charge in [0.15, 0.2) is 11.9 Å². The SMILES string of the molecule is CC(OC(=O)c1ccc(F)cc1Cl)c1nc2ccccc2n1C(F)F. The molecule has 0 N–H and O–H groups in total. The van der Waals surface area contributed by atoms with Gasteiger partial charge in [-0.25, -0.2) is 14.2 Å². The van der Waals surface area contributed by atoms with Gasteiger partial charge in [-0.1, -0.05) is 23.7 Å². The lowest BCUT2D eigenvalue weighted by Gasteiger charge is -2.15. The van der Waals surface area contributed by atoms with Crippen LogP contribution in [-0.2, 0) is 4.74 Å². The Hall–Kier alpha value is -2.54. The standard InChI is InChI=1S/C17H12ClF3N2O2/c1-9(25-16(24)11-7-6-10(19)8-12(11)18)15-22-13-4-2-3-5-14(13)23(15)17(20)21/h2-9,17H,1H3. The first-order valence-electron chi connectivity index (χ1n) is 7.29. The summed E-state index contributed by atoms with van der Waals surface area (Å²) < 4.78 is 45.9. The lowest BCUT2D eigenvalue weighted by Crippen LogP contribution is -2.15. The van der Waals surface area contributed by atoms with E-state index in [1.165, 1.54) is 19.1 Å². The van der Waals surface area contributed by atoms with E-state index < -0.39 is 24.4 Å². The van der Waals surface area contributed by atoms with Crippen LogP contribution in [0, 0.1) is 5.82 Å². The fraction of sp³-hybridized carbons (Fsp3) is 0.176. The van der Waals surface area contributed by atoms with E-state index in [1.54, 1.807) is 18.2 Å². The lowest BCUT2D eigenvalue weighted by atomic mass is 10.2. The van der Waals surface area contributed by atoms with Crippen LogP contribution in [0.4, 0.5) is 13.2 Å². The molecule has 25 heavy (non-hydrogen) atoms. The van der Waals surface area contributed by atoms with Gasteiger partial charge in [-0.15, -0.1) is 0 Å². The highest BCUT2D eigenvalue weighted by atomic mass is 35.5. The molecule has 0 radical (unpaired) electrons. The van der Waals surface area contributed by atoms with Crippen molar-refractivity contribution in [2.45, 2.75) is 19.6 Å². The van der Waals surface area contributed by atoms with Gasteiger partial charge < -0.3 is 4.74 Å². The van der Waals surface area contributed by atoms with Crippen molar-refractivity contribution in [3.05, 3.63) is 64.7 Å². The number of hydrogen-bond acceptors (Lipinski definition) is 3. The van der Waals surface area contributed by atoms with Crippen molar-refractivity contribution in [1.29, 1.82) is 0 Å². The number of benzene rings is 2. The number of aromatic nitrogens is 2. The summed E-state index contributed by atoms with van der Waals surface area (Å²) >= 11 is 5.82. The molecule has 0 amide bonds. The minimum Gasteiger partial charge on any atom is -0.451 e. The highest BCUT2D eigenvalue weighted by Gasteiger charge is 2.25. The molecule has 0 aliphatic carbocycles. The van der Waals surface area contributed by atoms with Gasteiger partial charge in [0, 0.05) is 0 Å². The number of imidazole rings is 1. The van der Waals surface area contributed by atoms with Gasteiger partial charge in [-0.2, -0.15) is 8.78 Å². The highest BCUT2D eigenvalue weighted by molar-refractivity contribution is 6.33. The highest BCUT2D eigenvalue weighted by Crippen LogP contribution is 2.29.